The molecule has 7 nitrogen and oxygen atoms in total. The predicted octanol–water partition coefficient (Wildman–Crippen LogP) is 3.66. The van der Waals surface area contributed by atoms with Crippen LogP contribution < -0.4 is 20.1 Å². The van der Waals surface area contributed by atoms with Crippen LogP contribution in [0, 0.1) is 11.8 Å². The molecule has 1 aliphatic rings. The fourth-order valence-electron chi connectivity index (χ4n) is 4.17. The van der Waals surface area contributed by atoms with E-state index in [1.165, 1.54) is 19.3 Å². The van der Waals surface area contributed by atoms with E-state index in [1.54, 1.807) is 7.11 Å². The Bertz CT molecular complexity index is 710. The Labute approximate surface area is 204 Å². The van der Waals surface area contributed by atoms with Gasteiger partial charge < -0.3 is 25.0 Å². The van der Waals surface area contributed by atoms with Crippen molar-refractivity contribution in [2.75, 3.05) is 40.4 Å². The molecule has 176 valence electrons. The number of nitrogens with one attached hydrogen (secondary N) is 2. The first-order valence-electron chi connectivity index (χ1n) is 11.1. The summed E-state index contributed by atoms with van der Waals surface area (Å²) in [6.07, 6.45) is 3.73. The van der Waals surface area contributed by atoms with Crippen molar-refractivity contribution in [3.8, 4) is 11.5 Å². The van der Waals surface area contributed by atoms with Crippen LogP contribution in [0.2, 0.25) is 0 Å². The maximum Gasteiger partial charge on any atom is 0.257 e. The van der Waals surface area contributed by atoms with Crippen molar-refractivity contribution < 1.29 is 14.3 Å². The van der Waals surface area contributed by atoms with Crippen LogP contribution in [0.4, 0.5) is 0 Å². The van der Waals surface area contributed by atoms with Crippen LogP contribution in [0.5, 0.6) is 11.5 Å². The van der Waals surface area contributed by atoms with E-state index in [9.17, 15) is 4.79 Å². The minimum Gasteiger partial charge on any atom is -0.493 e. The number of nitrogens with zero attached hydrogens (tertiary/aromatic N) is 2. The second-order valence-corrected chi connectivity index (χ2v) is 7.70. The second kappa shape index (κ2) is 14.4. The number of benzene rings is 1. The Kier molecular flexibility index (Phi) is 12.7. The number of guanidine groups is 1. The topological polar surface area (TPSA) is 75.2 Å². The molecule has 2 rings (SSSR count). The number of likely N-dealkylation sites (tertiary alicyclic amines) is 1. The van der Waals surface area contributed by atoms with E-state index in [4.69, 9.17) is 9.47 Å². The highest BCUT2D eigenvalue weighted by Gasteiger charge is 2.29. The highest BCUT2D eigenvalue weighted by atomic mass is 127. The molecule has 0 radical (unpaired) electrons. The lowest BCUT2D eigenvalue weighted by Crippen LogP contribution is -2.40. The van der Waals surface area contributed by atoms with Crippen molar-refractivity contribution in [1.29, 1.82) is 0 Å². The number of carbonyl (C=O) groups excluding carboxylic acids is 1. The lowest BCUT2D eigenvalue weighted by atomic mass is 9.87. The van der Waals surface area contributed by atoms with Gasteiger partial charge in [0.1, 0.15) is 0 Å². The molecule has 1 saturated heterocycles. The largest absolute Gasteiger partial charge is 0.493 e. The molecule has 0 aliphatic carbocycles. The van der Waals surface area contributed by atoms with Crippen LogP contribution in [-0.2, 0) is 11.3 Å². The average molecular weight is 546 g/mol. The third kappa shape index (κ3) is 8.05. The number of amides is 1. The van der Waals surface area contributed by atoms with E-state index in [-0.39, 0.29) is 36.5 Å². The van der Waals surface area contributed by atoms with Crippen molar-refractivity contribution in [2.45, 2.75) is 46.6 Å². The number of hydrogen-bond acceptors (Lipinski definition) is 4. The van der Waals surface area contributed by atoms with Gasteiger partial charge in [-0.1, -0.05) is 32.8 Å². The molecule has 8 heteroatoms. The van der Waals surface area contributed by atoms with Crippen molar-refractivity contribution in [3.63, 3.8) is 0 Å². The van der Waals surface area contributed by atoms with E-state index in [2.05, 4.69) is 34.4 Å². The van der Waals surface area contributed by atoms with Gasteiger partial charge in [0.25, 0.3) is 5.91 Å². The van der Waals surface area contributed by atoms with Gasteiger partial charge in [0, 0.05) is 33.2 Å². The van der Waals surface area contributed by atoms with Crippen LogP contribution in [0.15, 0.2) is 23.2 Å². The number of rotatable bonds is 10. The molecule has 1 amide bonds. The molecule has 1 aliphatic heterocycles. The molecule has 31 heavy (non-hydrogen) atoms. The second-order valence-electron chi connectivity index (χ2n) is 7.70. The normalized spacial score (nSPS) is 16.1. The summed E-state index contributed by atoms with van der Waals surface area (Å²) in [4.78, 5) is 18.5. The van der Waals surface area contributed by atoms with Gasteiger partial charge in [0.2, 0.25) is 0 Å². The van der Waals surface area contributed by atoms with Crippen LogP contribution in [0.1, 0.15) is 45.6 Å². The first kappa shape index (κ1) is 27.3. The Balaban J connectivity index is 0.00000480. The summed E-state index contributed by atoms with van der Waals surface area (Å²) in [5, 5.41) is 6.19. The fourth-order valence-corrected chi connectivity index (χ4v) is 4.17. The number of hydrogen-bond donors (Lipinski definition) is 2. The quantitative estimate of drug-likeness (QED) is 0.266. The van der Waals surface area contributed by atoms with E-state index < -0.39 is 0 Å². The number of methoxy groups -OCH3 is 1. The molecule has 1 unspecified atom stereocenters. The van der Waals surface area contributed by atoms with Crippen LogP contribution in [0.3, 0.4) is 0 Å². The average Bonchev–Trinajstić information content (AvgIpc) is 3.24. The van der Waals surface area contributed by atoms with Gasteiger partial charge >= 0.3 is 0 Å². The van der Waals surface area contributed by atoms with Gasteiger partial charge in [0.05, 0.1) is 7.11 Å². The van der Waals surface area contributed by atoms with Crippen LogP contribution in [0.25, 0.3) is 0 Å². The maximum absolute atomic E-state index is 11.6. The summed E-state index contributed by atoms with van der Waals surface area (Å²) >= 11 is 0. The van der Waals surface area contributed by atoms with Crippen molar-refractivity contribution >= 4 is 35.8 Å². The van der Waals surface area contributed by atoms with E-state index in [0.29, 0.717) is 24.6 Å². The lowest BCUT2D eigenvalue weighted by molar-refractivity contribution is -0.123. The fraction of sp³-hybridized carbons (Fsp3) is 0.652. The summed E-state index contributed by atoms with van der Waals surface area (Å²) < 4.78 is 11.0. The molecule has 1 atom stereocenters. The van der Waals surface area contributed by atoms with Crippen molar-refractivity contribution in [2.24, 2.45) is 16.8 Å². The third-order valence-electron chi connectivity index (χ3n) is 5.86. The summed E-state index contributed by atoms with van der Waals surface area (Å²) in [5.41, 5.74) is 1.06. The monoisotopic (exact) mass is 546 g/mol. The van der Waals surface area contributed by atoms with Gasteiger partial charge in [-0.2, -0.15) is 0 Å². The Morgan fingerprint density at radius 3 is 2.58 bits per heavy atom. The molecular formula is C23H39IN4O3. The highest BCUT2D eigenvalue weighted by molar-refractivity contribution is 14.0. The number of ether oxygens (including phenoxy) is 2. The van der Waals surface area contributed by atoms with Gasteiger partial charge in [0.15, 0.2) is 24.1 Å². The number of halogens is 1. The number of likely N-dealkylation sites (N-methyl/N-ethyl adjacent to an activating group) is 1. The molecular weight excluding hydrogens is 507 g/mol. The maximum atomic E-state index is 11.6. The Hall–Kier alpha value is -1.71. The number of carbonyl (C=O) groups is 1. The van der Waals surface area contributed by atoms with Gasteiger partial charge in [-0.3, -0.25) is 9.79 Å². The zero-order valence-electron chi connectivity index (χ0n) is 19.6. The molecule has 0 aromatic heterocycles. The zero-order valence-corrected chi connectivity index (χ0v) is 21.9. The lowest BCUT2D eigenvalue weighted by Gasteiger charge is -2.24. The molecule has 0 saturated carbocycles. The summed E-state index contributed by atoms with van der Waals surface area (Å²) in [6.45, 7) is 9.79. The minimum absolute atomic E-state index is 0. The Morgan fingerprint density at radius 1 is 1.23 bits per heavy atom. The molecule has 1 aromatic carbocycles. The summed E-state index contributed by atoms with van der Waals surface area (Å²) in [7, 11) is 3.44. The van der Waals surface area contributed by atoms with Gasteiger partial charge in [-0.15, -0.1) is 24.0 Å². The smallest absolute Gasteiger partial charge is 0.257 e. The Morgan fingerprint density at radius 2 is 1.97 bits per heavy atom. The summed E-state index contributed by atoms with van der Waals surface area (Å²) in [6, 6.07) is 5.76. The third-order valence-corrected chi connectivity index (χ3v) is 5.86. The highest BCUT2D eigenvalue weighted by Crippen LogP contribution is 2.29. The number of aliphatic imine (C=N–C) groups is 1. The molecule has 2 N–H and O–H groups in total. The van der Waals surface area contributed by atoms with Crippen molar-refractivity contribution in [3.05, 3.63) is 23.8 Å². The molecule has 0 spiro atoms. The van der Waals surface area contributed by atoms with Crippen LogP contribution in [-0.4, -0.2) is 57.2 Å². The standard InChI is InChI=1S/C23H38N4O3.HI/c1-6-18(7-2)19-11-12-27(15-19)23(24-4)26-14-17-9-10-20(21(13-17)29-5)30-16-22(28)25-8-3;/h9-10,13,18-19H,6-8,11-12,14-16H2,1-5H3,(H,24,26)(H,25,28);1H. The molecule has 0 bridgehead atoms. The van der Waals surface area contributed by atoms with Crippen molar-refractivity contribution in [1.82, 2.24) is 15.5 Å². The molecule has 1 aromatic rings. The first-order valence-corrected chi connectivity index (χ1v) is 11.1. The van der Waals surface area contributed by atoms with E-state index in [1.807, 2.05) is 32.2 Å². The van der Waals surface area contributed by atoms with E-state index in [0.717, 1.165) is 36.4 Å². The zero-order chi connectivity index (χ0) is 21.9. The van der Waals surface area contributed by atoms with Crippen LogP contribution >= 0.6 is 24.0 Å². The van der Waals surface area contributed by atoms with E-state index >= 15 is 0 Å². The SMILES string of the molecule is CCNC(=O)COc1ccc(CNC(=NC)N2CCC(C(CC)CC)C2)cc1OC.I. The predicted molar refractivity (Wildman–Crippen MR) is 137 cm³/mol. The van der Waals surface area contributed by atoms with Gasteiger partial charge in [-0.25, -0.2) is 0 Å². The van der Waals surface area contributed by atoms with Gasteiger partial charge in [-0.05, 0) is 42.9 Å². The minimum atomic E-state index is -0.147. The first-order chi connectivity index (χ1) is 14.6. The molecule has 1 fully saturated rings. The molecule has 1 heterocycles. The summed E-state index contributed by atoms with van der Waals surface area (Å²) in [5.74, 6) is 3.52.